The lowest BCUT2D eigenvalue weighted by atomic mass is 10.1. The van der Waals surface area contributed by atoms with Crippen molar-refractivity contribution in [1.29, 1.82) is 5.26 Å². The molecule has 21 heavy (non-hydrogen) atoms. The smallest absolute Gasteiger partial charge is 0.292 e. The number of hydrogen-bond donors (Lipinski definition) is 1. The van der Waals surface area contributed by atoms with Gasteiger partial charge >= 0.3 is 0 Å². The first-order valence-corrected chi connectivity index (χ1v) is 6.21. The molecular weight excluding hydrogens is 268 g/mol. The highest BCUT2D eigenvalue weighted by Gasteiger charge is 2.17. The molecule has 0 aliphatic rings. The van der Waals surface area contributed by atoms with E-state index in [2.05, 4.69) is 5.32 Å². The van der Waals surface area contributed by atoms with Crippen molar-refractivity contribution in [3.63, 3.8) is 0 Å². The highest BCUT2D eigenvalue weighted by molar-refractivity contribution is 6.05. The van der Waals surface area contributed by atoms with Gasteiger partial charge in [0.1, 0.15) is 17.4 Å². The van der Waals surface area contributed by atoms with Gasteiger partial charge in [-0.3, -0.25) is 4.79 Å². The Hall–Kier alpha value is -3.26. The van der Waals surface area contributed by atoms with Gasteiger partial charge in [-0.2, -0.15) is 5.26 Å². The summed E-state index contributed by atoms with van der Waals surface area (Å²) >= 11 is 0. The van der Waals surface area contributed by atoms with Crippen molar-refractivity contribution in [2.24, 2.45) is 0 Å². The van der Waals surface area contributed by atoms with Crippen molar-refractivity contribution in [3.8, 4) is 17.4 Å². The van der Waals surface area contributed by atoms with Gasteiger partial charge in [0.15, 0.2) is 0 Å². The molecule has 0 saturated carbocycles. The van der Waals surface area contributed by atoms with E-state index in [0.717, 1.165) is 5.56 Å². The van der Waals surface area contributed by atoms with Gasteiger partial charge in [0.2, 0.25) is 5.76 Å². The second kappa shape index (κ2) is 5.39. The second-order valence-corrected chi connectivity index (χ2v) is 4.25. The molecule has 3 aromatic rings. The Labute approximate surface area is 120 Å². The van der Waals surface area contributed by atoms with Gasteiger partial charge in [-0.1, -0.05) is 12.1 Å². The zero-order valence-electron chi connectivity index (χ0n) is 10.9. The summed E-state index contributed by atoms with van der Waals surface area (Å²) < 4.78 is 10.4. The summed E-state index contributed by atoms with van der Waals surface area (Å²) in [5.74, 6) is 0.160. The van der Waals surface area contributed by atoms with E-state index < -0.39 is 5.91 Å². The summed E-state index contributed by atoms with van der Waals surface area (Å²) in [6.07, 6.45) is 2.88. The standard InChI is InChI=1S/C16H10N2O3/c17-10-11-7-9-21-15(11)16(19)18-13-5-2-1-4-12(13)14-6-3-8-20-14/h1-9H,(H,18,19). The Balaban J connectivity index is 1.93. The number of hydrogen-bond acceptors (Lipinski definition) is 4. The van der Waals surface area contributed by atoms with Crippen LogP contribution in [0.5, 0.6) is 0 Å². The molecule has 1 amide bonds. The van der Waals surface area contributed by atoms with Gasteiger partial charge in [-0.05, 0) is 30.3 Å². The van der Waals surface area contributed by atoms with Crippen molar-refractivity contribution < 1.29 is 13.6 Å². The third-order valence-corrected chi connectivity index (χ3v) is 2.95. The van der Waals surface area contributed by atoms with Crippen LogP contribution in [0.2, 0.25) is 0 Å². The van der Waals surface area contributed by atoms with Gasteiger partial charge in [-0.15, -0.1) is 0 Å². The van der Waals surface area contributed by atoms with Crippen LogP contribution in [0.1, 0.15) is 16.1 Å². The molecule has 5 heteroatoms. The van der Waals surface area contributed by atoms with Gasteiger partial charge in [0.25, 0.3) is 5.91 Å². The molecular formula is C16H10N2O3. The van der Waals surface area contributed by atoms with Crippen LogP contribution in [0.3, 0.4) is 0 Å². The molecule has 1 N–H and O–H groups in total. The molecule has 2 aromatic heterocycles. The number of benzene rings is 1. The number of furan rings is 2. The van der Waals surface area contributed by atoms with E-state index in [4.69, 9.17) is 14.1 Å². The van der Waals surface area contributed by atoms with Crippen LogP contribution in [-0.2, 0) is 0 Å². The average molecular weight is 278 g/mol. The molecule has 0 unspecified atom stereocenters. The molecule has 1 aromatic carbocycles. The lowest BCUT2D eigenvalue weighted by Crippen LogP contribution is -2.12. The largest absolute Gasteiger partial charge is 0.464 e. The molecule has 102 valence electrons. The van der Waals surface area contributed by atoms with E-state index >= 15 is 0 Å². The summed E-state index contributed by atoms with van der Waals surface area (Å²) in [4.78, 5) is 12.2. The Bertz CT molecular complexity index is 810. The quantitative estimate of drug-likeness (QED) is 0.792. The van der Waals surface area contributed by atoms with E-state index in [-0.39, 0.29) is 11.3 Å². The normalized spacial score (nSPS) is 10.0. The Morgan fingerprint density at radius 3 is 2.67 bits per heavy atom. The molecule has 0 saturated heterocycles. The topological polar surface area (TPSA) is 79.2 Å². The maximum atomic E-state index is 12.2. The van der Waals surface area contributed by atoms with Crippen molar-refractivity contribution >= 4 is 11.6 Å². The number of rotatable bonds is 3. The number of carbonyl (C=O) groups is 1. The number of para-hydroxylation sites is 1. The monoisotopic (exact) mass is 278 g/mol. The Morgan fingerprint density at radius 1 is 1.05 bits per heavy atom. The van der Waals surface area contributed by atoms with Gasteiger partial charge in [0.05, 0.1) is 18.2 Å². The van der Waals surface area contributed by atoms with Crippen LogP contribution in [-0.4, -0.2) is 5.91 Å². The van der Waals surface area contributed by atoms with E-state index in [0.29, 0.717) is 11.4 Å². The highest BCUT2D eigenvalue weighted by atomic mass is 16.3. The zero-order valence-corrected chi connectivity index (χ0v) is 10.9. The molecule has 5 nitrogen and oxygen atoms in total. The number of carbonyl (C=O) groups excluding carboxylic acids is 1. The number of amides is 1. The fraction of sp³-hybridized carbons (Fsp3) is 0. The van der Waals surface area contributed by atoms with Gasteiger partial charge in [0, 0.05) is 5.56 Å². The van der Waals surface area contributed by atoms with Crippen LogP contribution in [0, 0.1) is 11.3 Å². The molecule has 2 heterocycles. The maximum Gasteiger partial charge on any atom is 0.292 e. The first-order valence-electron chi connectivity index (χ1n) is 6.21. The fourth-order valence-corrected chi connectivity index (χ4v) is 1.99. The van der Waals surface area contributed by atoms with E-state index in [1.165, 1.54) is 12.3 Å². The second-order valence-electron chi connectivity index (χ2n) is 4.25. The predicted octanol–water partition coefficient (Wildman–Crippen LogP) is 3.66. The highest BCUT2D eigenvalue weighted by Crippen LogP contribution is 2.28. The van der Waals surface area contributed by atoms with Gasteiger partial charge in [-0.25, -0.2) is 0 Å². The average Bonchev–Trinajstić information content (AvgIpc) is 3.19. The Morgan fingerprint density at radius 2 is 1.90 bits per heavy atom. The molecule has 0 radical (unpaired) electrons. The molecule has 3 rings (SSSR count). The third-order valence-electron chi connectivity index (χ3n) is 2.95. The summed E-state index contributed by atoms with van der Waals surface area (Å²) in [6, 6.07) is 14.2. The van der Waals surface area contributed by atoms with E-state index in [1.54, 1.807) is 30.5 Å². The first-order chi connectivity index (χ1) is 10.3. The summed E-state index contributed by atoms with van der Waals surface area (Å²) in [7, 11) is 0. The Kier molecular flexibility index (Phi) is 3.27. The number of nitriles is 1. The predicted molar refractivity (Wildman–Crippen MR) is 75.5 cm³/mol. The SMILES string of the molecule is N#Cc1ccoc1C(=O)Nc1ccccc1-c1ccco1. The van der Waals surface area contributed by atoms with Crippen molar-refractivity contribution in [3.05, 3.63) is 66.3 Å². The maximum absolute atomic E-state index is 12.2. The molecule has 0 aliphatic heterocycles. The summed E-state index contributed by atoms with van der Waals surface area (Å²) in [5.41, 5.74) is 1.53. The van der Waals surface area contributed by atoms with Crippen molar-refractivity contribution in [1.82, 2.24) is 0 Å². The number of anilines is 1. The molecule has 0 bridgehead atoms. The van der Waals surface area contributed by atoms with Crippen LogP contribution in [0.15, 0.2) is 63.8 Å². The number of nitrogens with one attached hydrogen (secondary N) is 1. The van der Waals surface area contributed by atoms with Gasteiger partial charge < -0.3 is 14.2 Å². The molecule has 0 fully saturated rings. The fourth-order valence-electron chi connectivity index (χ4n) is 1.99. The van der Waals surface area contributed by atoms with E-state index in [1.807, 2.05) is 18.2 Å². The summed E-state index contributed by atoms with van der Waals surface area (Å²) in [6.45, 7) is 0. The molecule has 0 spiro atoms. The van der Waals surface area contributed by atoms with Crippen LogP contribution >= 0.6 is 0 Å². The third kappa shape index (κ3) is 2.42. The minimum absolute atomic E-state index is 0.00764. The molecule has 0 atom stereocenters. The van der Waals surface area contributed by atoms with Crippen LogP contribution in [0.25, 0.3) is 11.3 Å². The lowest BCUT2D eigenvalue weighted by molar-refractivity contribution is 0.0996. The minimum Gasteiger partial charge on any atom is -0.464 e. The van der Waals surface area contributed by atoms with Crippen LogP contribution in [0.4, 0.5) is 5.69 Å². The van der Waals surface area contributed by atoms with Crippen molar-refractivity contribution in [2.75, 3.05) is 5.32 Å². The first kappa shape index (κ1) is 12.8. The lowest BCUT2D eigenvalue weighted by Gasteiger charge is -2.08. The molecule has 0 aliphatic carbocycles. The van der Waals surface area contributed by atoms with E-state index in [9.17, 15) is 4.79 Å². The number of nitrogens with zero attached hydrogens (tertiary/aromatic N) is 1. The van der Waals surface area contributed by atoms with Crippen LogP contribution < -0.4 is 5.32 Å². The minimum atomic E-state index is -0.476. The van der Waals surface area contributed by atoms with Crippen molar-refractivity contribution in [2.45, 2.75) is 0 Å². The zero-order chi connectivity index (χ0) is 14.7. The summed E-state index contributed by atoms with van der Waals surface area (Å²) in [5, 5.41) is 11.7.